The van der Waals surface area contributed by atoms with E-state index in [1.54, 1.807) is 12.4 Å². The Morgan fingerprint density at radius 1 is 1.00 bits per heavy atom. The van der Waals surface area contributed by atoms with Gasteiger partial charge in [-0.1, -0.05) is 6.07 Å². The van der Waals surface area contributed by atoms with E-state index in [4.69, 9.17) is 0 Å². The van der Waals surface area contributed by atoms with Crippen molar-refractivity contribution in [2.45, 2.75) is 0 Å². The summed E-state index contributed by atoms with van der Waals surface area (Å²) >= 11 is 0. The van der Waals surface area contributed by atoms with Crippen LogP contribution >= 0.6 is 0 Å². The fraction of sp³-hybridized carbons (Fsp3) is 0.286. The SMILES string of the molecule is C1CN1.c1ccncc1. The fourth-order valence-corrected chi connectivity index (χ4v) is 0.313. The lowest BCUT2D eigenvalue weighted by Gasteiger charge is -1.70. The van der Waals surface area contributed by atoms with E-state index in [9.17, 15) is 0 Å². The van der Waals surface area contributed by atoms with Gasteiger partial charge in [0, 0.05) is 25.5 Å². The third-order valence-electron chi connectivity index (χ3n) is 0.816. The topological polar surface area (TPSA) is 34.8 Å². The van der Waals surface area contributed by atoms with Gasteiger partial charge in [-0.2, -0.15) is 0 Å². The molecule has 2 rings (SSSR count). The summed E-state index contributed by atoms with van der Waals surface area (Å²) in [6.45, 7) is 2.50. The van der Waals surface area contributed by atoms with Crippen LogP contribution in [-0.4, -0.2) is 18.1 Å². The number of pyridine rings is 1. The molecular weight excluding hydrogens is 112 g/mol. The predicted molar refractivity (Wildman–Crippen MR) is 37.1 cm³/mol. The number of hydrogen-bond donors (Lipinski definition) is 1. The van der Waals surface area contributed by atoms with Crippen LogP contribution in [0.15, 0.2) is 30.6 Å². The molecule has 0 atom stereocenters. The van der Waals surface area contributed by atoms with Gasteiger partial charge in [0.1, 0.15) is 0 Å². The maximum atomic E-state index is 3.78. The quantitative estimate of drug-likeness (QED) is 0.513. The molecule has 0 spiro atoms. The Bertz CT molecular complexity index is 107. The highest BCUT2D eigenvalue weighted by Gasteiger charge is 1.91. The molecule has 0 amide bonds. The Labute approximate surface area is 54.9 Å². The average Bonchev–Trinajstić information content (AvgIpc) is 2.76. The molecule has 2 heteroatoms. The van der Waals surface area contributed by atoms with Crippen molar-refractivity contribution in [1.82, 2.24) is 10.3 Å². The number of nitrogens with one attached hydrogen (secondary N) is 1. The lowest BCUT2D eigenvalue weighted by molar-refractivity contribution is 1.33. The fourth-order valence-electron chi connectivity index (χ4n) is 0.313. The van der Waals surface area contributed by atoms with Crippen LogP contribution in [0, 0.1) is 0 Å². The summed E-state index contributed by atoms with van der Waals surface area (Å²) in [5.41, 5.74) is 0. The van der Waals surface area contributed by atoms with Gasteiger partial charge < -0.3 is 5.32 Å². The molecule has 9 heavy (non-hydrogen) atoms. The van der Waals surface area contributed by atoms with Crippen molar-refractivity contribution in [3.05, 3.63) is 30.6 Å². The highest BCUT2D eigenvalue weighted by Crippen LogP contribution is 1.73. The van der Waals surface area contributed by atoms with E-state index in [2.05, 4.69) is 10.3 Å². The molecule has 0 radical (unpaired) electrons. The smallest absolute Gasteiger partial charge is 0.0267 e. The van der Waals surface area contributed by atoms with Gasteiger partial charge in [0.2, 0.25) is 0 Å². The number of nitrogens with zero attached hydrogens (tertiary/aromatic N) is 1. The van der Waals surface area contributed by atoms with Crippen LogP contribution in [0.2, 0.25) is 0 Å². The van der Waals surface area contributed by atoms with Crippen molar-refractivity contribution >= 4 is 0 Å². The predicted octanol–water partition coefficient (Wildman–Crippen LogP) is 0.671. The molecular formula is C7H10N2. The molecule has 48 valence electrons. The highest BCUT2D eigenvalue weighted by molar-refractivity contribution is 4.88. The summed E-state index contributed by atoms with van der Waals surface area (Å²) in [5.74, 6) is 0. The zero-order valence-electron chi connectivity index (χ0n) is 5.25. The van der Waals surface area contributed by atoms with Crippen molar-refractivity contribution < 1.29 is 0 Å². The van der Waals surface area contributed by atoms with Crippen molar-refractivity contribution in [2.75, 3.05) is 13.1 Å². The first-order chi connectivity index (χ1) is 4.50. The highest BCUT2D eigenvalue weighted by atomic mass is 15.0. The van der Waals surface area contributed by atoms with Crippen LogP contribution in [-0.2, 0) is 0 Å². The molecule has 2 heterocycles. The molecule has 1 fully saturated rings. The third kappa shape index (κ3) is 4.97. The Morgan fingerprint density at radius 2 is 1.56 bits per heavy atom. The van der Waals surface area contributed by atoms with Gasteiger partial charge >= 0.3 is 0 Å². The van der Waals surface area contributed by atoms with Gasteiger partial charge in [0.05, 0.1) is 0 Å². The summed E-state index contributed by atoms with van der Waals surface area (Å²) < 4.78 is 0. The van der Waals surface area contributed by atoms with Gasteiger partial charge in [-0.25, -0.2) is 0 Å². The van der Waals surface area contributed by atoms with Crippen LogP contribution in [0.4, 0.5) is 0 Å². The maximum absolute atomic E-state index is 3.78. The normalized spacial score (nSPS) is 13.3. The van der Waals surface area contributed by atoms with Crippen LogP contribution in [0.3, 0.4) is 0 Å². The maximum Gasteiger partial charge on any atom is 0.0267 e. The van der Waals surface area contributed by atoms with E-state index in [1.807, 2.05) is 18.2 Å². The van der Waals surface area contributed by atoms with E-state index in [0.717, 1.165) is 0 Å². The zero-order chi connectivity index (χ0) is 6.36. The Balaban J connectivity index is 0.000000112. The van der Waals surface area contributed by atoms with Crippen LogP contribution in [0.5, 0.6) is 0 Å². The minimum Gasteiger partial charge on any atom is -0.314 e. The largest absolute Gasteiger partial charge is 0.314 e. The summed E-state index contributed by atoms with van der Waals surface area (Å²) in [6.07, 6.45) is 3.50. The van der Waals surface area contributed by atoms with E-state index >= 15 is 0 Å². The summed E-state index contributed by atoms with van der Waals surface area (Å²) in [5, 5.41) is 3.00. The molecule has 1 saturated heterocycles. The molecule has 1 aliphatic heterocycles. The molecule has 0 aliphatic carbocycles. The van der Waals surface area contributed by atoms with Gasteiger partial charge in [-0.3, -0.25) is 4.98 Å². The molecule has 0 saturated carbocycles. The van der Waals surface area contributed by atoms with Gasteiger partial charge in [0.25, 0.3) is 0 Å². The van der Waals surface area contributed by atoms with Crippen LogP contribution in [0.1, 0.15) is 0 Å². The van der Waals surface area contributed by atoms with Gasteiger partial charge in [0.15, 0.2) is 0 Å². The first-order valence-electron chi connectivity index (χ1n) is 3.06. The molecule has 1 aromatic rings. The summed E-state index contributed by atoms with van der Waals surface area (Å²) in [7, 11) is 0. The first kappa shape index (κ1) is 6.23. The van der Waals surface area contributed by atoms with Crippen molar-refractivity contribution in [2.24, 2.45) is 0 Å². The standard InChI is InChI=1S/C5H5N.C2H5N/c1-2-4-6-5-3-1;1-2-3-1/h1-5H;3H,1-2H2. The zero-order valence-corrected chi connectivity index (χ0v) is 5.25. The van der Waals surface area contributed by atoms with E-state index in [-0.39, 0.29) is 0 Å². The molecule has 0 bridgehead atoms. The molecule has 1 aromatic heterocycles. The Morgan fingerprint density at radius 3 is 1.67 bits per heavy atom. The monoisotopic (exact) mass is 122 g/mol. The first-order valence-corrected chi connectivity index (χ1v) is 3.06. The average molecular weight is 122 g/mol. The lowest BCUT2D eigenvalue weighted by atomic mass is 10.5. The third-order valence-corrected chi connectivity index (χ3v) is 0.816. The van der Waals surface area contributed by atoms with Crippen molar-refractivity contribution in [1.29, 1.82) is 0 Å². The molecule has 1 aliphatic rings. The van der Waals surface area contributed by atoms with E-state index < -0.39 is 0 Å². The van der Waals surface area contributed by atoms with E-state index in [0.29, 0.717) is 0 Å². The van der Waals surface area contributed by atoms with Crippen LogP contribution in [0.25, 0.3) is 0 Å². The van der Waals surface area contributed by atoms with Gasteiger partial charge in [-0.15, -0.1) is 0 Å². The Kier molecular flexibility index (Phi) is 2.80. The number of aromatic nitrogens is 1. The minimum absolute atomic E-state index is 1.25. The van der Waals surface area contributed by atoms with Crippen molar-refractivity contribution in [3.63, 3.8) is 0 Å². The lowest BCUT2D eigenvalue weighted by Crippen LogP contribution is -1.58. The number of rotatable bonds is 0. The molecule has 2 nitrogen and oxygen atoms in total. The van der Waals surface area contributed by atoms with E-state index in [1.165, 1.54) is 13.1 Å². The molecule has 0 unspecified atom stereocenters. The minimum atomic E-state index is 1.25. The summed E-state index contributed by atoms with van der Waals surface area (Å²) in [4.78, 5) is 3.78. The number of hydrogen-bond acceptors (Lipinski definition) is 2. The second-order valence-corrected chi connectivity index (χ2v) is 1.77. The van der Waals surface area contributed by atoms with Crippen molar-refractivity contribution in [3.8, 4) is 0 Å². The Hall–Kier alpha value is -0.890. The second kappa shape index (κ2) is 4.04. The second-order valence-electron chi connectivity index (χ2n) is 1.77. The summed E-state index contributed by atoms with van der Waals surface area (Å²) in [6, 6.07) is 5.72. The molecule has 1 N–H and O–H groups in total. The van der Waals surface area contributed by atoms with Crippen LogP contribution < -0.4 is 5.32 Å². The van der Waals surface area contributed by atoms with Gasteiger partial charge in [-0.05, 0) is 12.1 Å². The molecule has 0 aromatic carbocycles.